The molecule has 1 saturated heterocycles. The maximum absolute atomic E-state index is 12.7. The molecule has 122 valence electrons. The molecule has 0 N–H and O–H groups in total. The standard InChI is InChI=1S/C15H22N2O4S/c1-16(22(18,19)17-8-4-2-3-5-9-17)11-13-6-7-14-15(10-13)21-12-20-14/h6-7,10H,2-5,8-9,11-12H2,1H3. The maximum Gasteiger partial charge on any atom is 0.282 e. The zero-order chi connectivity index (χ0) is 15.6. The number of nitrogens with zero attached hydrogens (tertiary/aromatic N) is 2. The van der Waals surface area contributed by atoms with Crippen LogP contribution in [0.25, 0.3) is 0 Å². The molecule has 0 amide bonds. The zero-order valence-corrected chi connectivity index (χ0v) is 13.6. The van der Waals surface area contributed by atoms with E-state index in [-0.39, 0.29) is 6.79 Å². The first-order valence-electron chi connectivity index (χ1n) is 7.67. The molecule has 6 nitrogen and oxygen atoms in total. The fourth-order valence-electron chi connectivity index (χ4n) is 2.85. The highest BCUT2D eigenvalue weighted by molar-refractivity contribution is 7.86. The van der Waals surface area contributed by atoms with Crippen LogP contribution < -0.4 is 9.47 Å². The van der Waals surface area contributed by atoms with Crippen LogP contribution in [-0.2, 0) is 16.8 Å². The second-order valence-electron chi connectivity index (χ2n) is 5.76. The van der Waals surface area contributed by atoms with Gasteiger partial charge in [-0.25, -0.2) is 0 Å². The summed E-state index contributed by atoms with van der Waals surface area (Å²) in [5.74, 6) is 1.39. The van der Waals surface area contributed by atoms with Gasteiger partial charge in [0.15, 0.2) is 11.5 Å². The Morgan fingerprint density at radius 3 is 2.50 bits per heavy atom. The van der Waals surface area contributed by atoms with Gasteiger partial charge in [0.2, 0.25) is 6.79 Å². The number of ether oxygens (including phenoxy) is 2. The molecule has 0 aliphatic carbocycles. The van der Waals surface area contributed by atoms with Crippen molar-refractivity contribution < 1.29 is 17.9 Å². The lowest BCUT2D eigenvalue weighted by molar-refractivity contribution is 0.174. The Labute approximate surface area is 131 Å². The Hall–Kier alpha value is -1.31. The topological polar surface area (TPSA) is 59.1 Å². The van der Waals surface area contributed by atoms with Gasteiger partial charge in [0.1, 0.15) is 0 Å². The monoisotopic (exact) mass is 326 g/mol. The van der Waals surface area contributed by atoms with Crippen LogP contribution in [0.3, 0.4) is 0 Å². The van der Waals surface area contributed by atoms with Crippen molar-refractivity contribution in [3.05, 3.63) is 23.8 Å². The van der Waals surface area contributed by atoms with Crippen molar-refractivity contribution >= 4 is 10.2 Å². The van der Waals surface area contributed by atoms with Gasteiger partial charge >= 0.3 is 0 Å². The minimum Gasteiger partial charge on any atom is -0.454 e. The molecule has 22 heavy (non-hydrogen) atoms. The third-order valence-electron chi connectivity index (χ3n) is 4.13. The molecule has 0 radical (unpaired) electrons. The van der Waals surface area contributed by atoms with Gasteiger partial charge in [-0.3, -0.25) is 0 Å². The molecule has 0 aromatic heterocycles. The summed E-state index contributed by atoms with van der Waals surface area (Å²) in [4.78, 5) is 0. The normalized spacial score (nSPS) is 19.4. The zero-order valence-electron chi connectivity index (χ0n) is 12.8. The first-order chi connectivity index (χ1) is 10.6. The van der Waals surface area contributed by atoms with E-state index in [0.29, 0.717) is 31.1 Å². The van der Waals surface area contributed by atoms with Crippen molar-refractivity contribution in [2.24, 2.45) is 0 Å². The van der Waals surface area contributed by atoms with E-state index in [1.54, 1.807) is 11.4 Å². The Morgan fingerprint density at radius 1 is 1.09 bits per heavy atom. The smallest absolute Gasteiger partial charge is 0.282 e. The number of fused-ring (bicyclic) bond motifs is 1. The summed E-state index contributed by atoms with van der Waals surface area (Å²) >= 11 is 0. The lowest BCUT2D eigenvalue weighted by Gasteiger charge is -2.26. The number of hydrogen-bond donors (Lipinski definition) is 0. The van der Waals surface area contributed by atoms with Gasteiger partial charge in [0.05, 0.1) is 0 Å². The molecule has 2 heterocycles. The van der Waals surface area contributed by atoms with Crippen LogP contribution in [0, 0.1) is 0 Å². The average molecular weight is 326 g/mol. The van der Waals surface area contributed by atoms with Gasteiger partial charge in [-0.2, -0.15) is 17.0 Å². The minimum absolute atomic E-state index is 0.223. The van der Waals surface area contributed by atoms with Crippen LogP contribution in [0.1, 0.15) is 31.2 Å². The van der Waals surface area contributed by atoms with Crippen LogP contribution in [0.2, 0.25) is 0 Å². The minimum atomic E-state index is -3.40. The maximum atomic E-state index is 12.7. The molecule has 1 aromatic carbocycles. The molecule has 7 heteroatoms. The fourth-order valence-corrected chi connectivity index (χ4v) is 4.27. The summed E-state index contributed by atoms with van der Waals surface area (Å²) in [6.45, 7) is 1.79. The first-order valence-corrected chi connectivity index (χ1v) is 9.07. The molecule has 0 spiro atoms. The molecule has 1 aromatic rings. The van der Waals surface area contributed by atoms with E-state index in [4.69, 9.17) is 9.47 Å². The van der Waals surface area contributed by atoms with E-state index >= 15 is 0 Å². The Kier molecular flexibility index (Phi) is 4.56. The van der Waals surface area contributed by atoms with E-state index < -0.39 is 10.2 Å². The summed E-state index contributed by atoms with van der Waals surface area (Å²) < 4.78 is 39.0. The van der Waals surface area contributed by atoms with E-state index in [0.717, 1.165) is 31.2 Å². The Bertz CT molecular complexity index is 624. The molecule has 2 aliphatic heterocycles. The third kappa shape index (κ3) is 3.21. The molecule has 1 fully saturated rings. The molecule has 2 aliphatic rings. The Balaban J connectivity index is 1.71. The van der Waals surface area contributed by atoms with Crippen molar-refractivity contribution in [1.29, 1.82) is 0 Å². The molecular formula is C15H22N2O4S. The lowest BCUT2D eigenvalue weighted by Crippen LogP contribution is -2.42. The van der Waals surface area contributed by atoms with E-state index in [1.165, 1.54) is 4.31 Å². The number of rotatable bonds is 4. The van der Waals surface area contributed by atoms with Crippen LogP contribution >= 0.6 is 0 Å². The van der Waals surface area contributed by atoms with Gasteiger partial charge in [-0.05, 0) is 30.5 Å². The van der Waals surface area contributed by atoms with Gasteiger partial charge in [-0.1, -0.05) is 18.9 Å². The van der Waals surface area contributed by atoms with Crippen LogP contribution in [0.5, 0.6) is 11.5 Å². The Morgan fingerprint density at radius 2 is 1.77 bits per heavy atom. The molecule has 0 bridgehead atoms. The highest BCUT2D eigenvalue weighted by Crippen LogP contribution is 2.33. The average Bonchev–Trinajstić information content (AvgIpc) is 2.78. The van der Waals surface area contributed by atoms with Crippen molar-refractivity contribution in [1.82, 2.24) is 8.61 Å². The quantitative estimate of drug-likeness (QED) is 0.849. The second kappa shape index (κ2) is 6.44. The summed E-state index contributed by atoms with van der Waals surface area (Å²) in [6.07, 6.45) is 4.10. The SMILES string of the molecule is CN(Cc1ccc2c(c1)OCO2)S(=O)(=O)N1CCCCCC1. The lowest BCUT2D eigenvalue weighted by atomic mass is 10.2. The summed E-state index contributed by atoms with van der Waals surface area (Å²) in [6, 6.07) is 5.54. The molecular weight excluding hydrogens is 304 g/mol. The van der Waals surface area contributed by atoms with E-state index in [9.17, 15) is 8.42 Å². The molecule has 0 atom stereocenters. The second-order valence-corrected chi connectivity index (χ2v) is 7.80. The number of hydrogen-bond acceptors (Lipinski definition) is 4. The molecule has 0 saturated carbocycles. The van der Waals surface area contributed by atoms with Gasteiger partial charge in [0.25, 0.3) is 10.2 Å². The van der Waals surface area contributed by atoms with Crippen LogP contribution in [0.4, 0.5) is 0 Å². The predicted molar refractivity (Wildman–Crippen MR) is 83.0 cm³/mol. The van der Waals surface area contributed by atoms with E-state index in [1.807, 2.05) is 18.2 Å². The highest BCUT2D eigenvalue weighted by atomic mass is 32.2. The highest BCUT2D eigenvalue weighted by Gasteiger charge is 2.27. The third-order valence-corrected chi connectivity index (χ3v) is 6.06. The summed E-state index contributed by atoms with van der Waals surface area (Å²) in [5, 5.41) is 0. The van der Waals surface area contributed by atoms with Gasteiger partial charge in [0, 0.05) is 26.7 Å². The molecule has 3 rings (SSSR count). The fraction of sp³-hybridized carbons (Fsp3) is 0.600. The summed E-state index contributed by atoms with van der Waals surface area (Å²) in [7, 11) is -1.77. The van der Waals surface area contributed by atoms with Crippen LogP contribution in [0.15, 0.2) is 18.2 Å². The van der Waals surface area contributed by atoms with Gasteiger partial charge < -0.3 is 9.47 Å². The van der Waals surface area contributed by atoms with Crippen molar-refractivity contribution in [2.75, 3.05) is 26.9 Å². The first kappa shape index (κ1) is 15.6. The van der Waals surface area contributed by atoms with E-state index in [2.05, 4.69) is 0 Å². The molecule has 0 unspecified atom stereocenters. The van der Waals surface area contributed by atoms with Crippen molar-refractivity contribution in [3.8, 4) is 11.5 Å². The largest absolute Gasteiger partial charge is 0.454 e. The predicted octanol–water partition coefficient (Wildman–Crippen LogP) is 1.97. The van der Waals surface area contributed by atoms with Crippen molar-refractivity contribution in [3.63, 3.8) is 0 Å². The number of benzene rings is 1. The summed E-state index contributed by atoms with van der Waals surface area (Å²) in [5.41, 5.74) is 0.894. The van der Waals surface area contributed by atoms with Crippen molar-refractivity contribution in [2.45, 2.75) is 32.2 Å². The van der Waals surface area contributed by atoms with Gasteiger partial charge in [-0.15, -0.1) is 0 Å². The van der Waals surface area contributed by atoms with Crippen LogP contribution in [-0.4, -0.2) is 44.0 Å².